The summed E-state index contributed by atoms with van der Waals surface area (Å²) in [6.07, 6.45) is 0. The van der Waals surface area contributed by atoms with E-state index in [-0.39, 0.29) is 0 Å². The van der Waals surface area contributed by atoms with Crippen LogP contribution in [-0.2, 0) is 0 Å². The van der Waals surface area contributed by atoms with Crippen molar-refractivity contribution in [2.45, 2.75) is 0 Å². The average molecular weight is 737 g/mol. The molecule has 270 valence electrons. The molecule has 0 atom stereocenters. The summed E-state index contributed by atoms with van der Waals surface area (Å²) in [6, 6.07) is 78.3. The number of aromatic nitrogens is 2. The van der Waals surface area contributed by atoms with Crippen molar-refractivity contribution in [2.24, 2.45) is 0 Å². The lowest BCUT2D eigenvalue weighted by atomic mass is 9.89. The normalized spacial score (nSPS) is 11.4. The van der Waals surface area contributed by atoms with Gasteiger partial charge in [-0.3, -0.25) is 0 Å². The zero-order chi connectivity index (χ0) is 38.4. The van der Waals surface area contributed by atoms with Gasteiger partial charge in [0.05, 0.1) is 11.4 Å². The molecule has 0 aliphatic carbocycles. The molecular formula is C56H36N2. The van der Waals surface area contributed by atoms with Crippen LogP contribution in [0.3, 0.4) is 0 Å². The van der Waals surface area contributed by atoms with Gasteiger partial charge in [-0.1, -0.05) is 194 Å². The summed E-state index contributed by atoms with van der Waals surface area (Å²) in [6.45, 7) is 0. The summed E-state index contributed by atoms with van der Waals surface area (Å²) in [4.78, 5) is 10.3. The predicted molar refractivity (Wildman–Crippen MR) is 245 cm³/mol. The second kappa shape index (κ2) is 14.1. The maximum Gasteiger partial charge on any atom is 0.160 e. The van der Waals surface area contributed by atoms with Gasteiger partial charge in [-0.15, -0.1) is 0 Å². The van der Waals surface area contributed by atoms with Gasteiger partial charge in [0.25, 0.3) is 0 Å². The van der Waals surface area contributed by atoms with Crippen molar-refractivity contribution in [1.29, 1.82) is 0 Å². The van der Waals surface area contributed by atoms with Crippen LogP contribution in [-0.4, -0.2) is 9.97 Å². The minimum Gasteiger partial charge on any atom is -0.228 e. The van der Waals surface area contributed by atoms with Crippen LogP contribution in [0.5, 0.6) is 0 Å². The predicted octanol–water partition coefficient (Wildman–Crippen LogP) is 15.1. The number of nitrogens with zero attached hydrogens (tertiary/aromatic N) is 2. The molecule has 0 saturated heterocycles. The molecule has 2 heteroatoms. The summed E-state index contributed by atoms with van der Waals surface area (Å²) < 4.78 is 0. The van der Waals surface area contributed by atoms with Gasteiger partial charge >= 0.3 is 0 Å². The van der Waals surface area contributed by atoms with Crippen LogP contribution in [0, 0.1) is 0 Å². The first-order valence-corrected chi connectivity index (χ1v) is 19.8. The Hall–Kier alpha value is -7.68. The molecule has 0 saturated carbocycles. The lowest BCUT2D eigenvalue weighted by Gasteiger charge is -2.14. The van der Waals surface area contributed by atoms with Gasteiger partial charge in [-0.2, -0.15) is 0 Å². The molecule has 0 bridgehead atoms. The van der Waals surface area contributed by atoms with E-state index < -0.39 is 0 Å². The topological polar surface area (TPSA) is 25.8 Å². The molecular weight excluding hydrogens is 701 g/mol. The zero-order valence-corrected chi connectivity index (χ0v) is 31.7. The maximum atomic E-state index is 5.15. The first-order valence-electron chi connectivity index (χ1n) is 19.8. The monoisotopic (exact) mass is 736 g/mol. The minimum absolute atomic E-state index is 0.707. The van der Waals surface area contributed by atoms with Crippen LogP contribution in [0.4, 0.5) is 0 Å². The summed E-state index contributed by atoms with van der Waals surface area (Å²) in [5.41, 5.74) is 12.1. The molecule has 11 rings (SSSR count). The van der Waals surface area contributed by atoms with E-state index >= 15 is 0 Å². The number of fused-ring (bicyclic) bond motifs is 5. The van der Waals surface area contributed by atoms with Crippen molar-refractivity contribution < 1.29 is 0 Å². The first kappa shape index (κ1) is 33.6. The van der Waals surface area contributed by atoms with Gasteiger partial charge in [0.1, 0.15) is 0 Å². The van der Waals surface area contributed by atoms with Crippen molar-refractivity contribution in [3.8, 4) is 67.3 Å². The molecule has 0 fully saturated rings. The Balaban J connectivity index is 0.942. The first-order chi connectivity index (χ1) is 28.7. The molecule has 2 nitrogen and oxygen atoms in total. The number of benzene rings is 10. The zero-order valence-electron chi connectivity index (χ0n) is 31.7. The van der Waals surface area contributed by atoms with Gasteiger partial charge < -0.3 is 0 Å². The lowest BCUT2D eigenvalue weighted by Crippen LogP contribution is -1.96. The van der Waals surface area contributed by atoms with Gasteiger partial charge in [0.2, 0.25) is 0 Å². The van der Waals surface area contributed by atoms with Crippen molar-refractivity contribution in [3.63, 3.8) is 0 Å². The molecule has 1 heterocycles. The van der Waals surface area contributed by atoms with E-state index in [4.69, 9.17) is 9.97 Å². The second-order valence-corrected chi connectivity index (χ2v) is 15.0. The standard InChI is InChI=1S/C56H36N2/c1-3-11-37(12-4-1)38-19-23-42(24-20-38)54-36-53(41-14-5-2-6-15-41)57-56(58-54)48-30-29-45-33-44(27-28-46(45)34-48)39-21-25-43(26-22-39)55-50-18-10-8-16-47(50)35-52-49-17-9-7-13-40(49)31-32-51(52)55/h1-36H. The SMILES string of the molecule is c1ccc(-c2ccc(-c3cc(-c4ccccc4)nc(-c4ccc5cc(-c6ccc(-c7c8ccccc8cc8c7ccc7ccccc78)cc6)ccc5c4)n3)cc2)cc1. The van der Waals surface area contributed by atoms with E-state index in [0.717, 1.165) is 33.5 Å². The van der Waals surface area contributed by atoms with Crippen LogP contribution < -0.4 is 0 Å². The highest BCUT2D eigenvalue weighted by Gasteiger charge is 2.14. The number of hydrogen-bond donors (Lipinski definition) is 0. The van der Waals surface area contributed by atoms with Gasteiger partial charge in [0, 0.05) is 16.7 Å². The Morgan fingerprint density at radius 2 is 0.690 bits per heavy atom. The Morgan fingerprint density at radius 3 is 1.40 bits per heavy atom. The fraction of sp³-hybridized carbons (Fsp3) is 0. The van der Waals surface area contributed by atoms with E-state index in [9.17, 15) is 0 Å². The van der Waals surface area contributed by atoms with Crippen LogP contribution in [0.15, 0.2) is 218 Å². The van der Waals surface area contributed by atoms with Gasteiger partial charge in [-0.05, 0) is 101 Å². The molecule has 0 N–H and O–H groups in total. The van der Waals surface area contributed by atoms with E-state index in [1.165, 1.54) is 71.1 Å². The van der Waals surface area contributed by atoms with Crippen molar-refractivity contribution in [2.75, 3.05) is 0 Å². The van der Waals surface area contributed by atoms with Crippen molar-refractivity contribution >= 4 is 43.1 Å². The summed E-state index contributed by atoms with van der Waals surface area (Å²) in [5.74, 6) is 0.707. The molecule has 0 spiro atoms. The molecule has 0 unspecified atom stereocenters. The highest BCUT2D eigenvalue weighted by atomic mass is 14.9. The molecule has 0 aliphatic rings. The average Bonchev–Trinajstić information content (AvgIpc) is 3.31. The fourth-order valence-corrected chi connectivity index (χ4v) is 8.47. The third-order valence-electron chi connectivity index (χ3n) is 11.5. The number of rotatable bonds is 6. The fourth-order valence-electron chi connectivity index (χ4n) is 8.47. The maximum absolute atomic E-state index is 5.15. The van der Waals surface area contributed by atoms with Gasteiger partial charge in [-0.25, -0.2) is 9.97 Å². The summed E-state index contributed by atoms with van der Waals surface area (Å²) in [7, 11) is 0. The Bertz CT molecular complexity index is 3300. The third kappa shape index (κ3) is 6.09. The highest BCUT2D eigenvalue weighted by molar-refractivity contribution is 6.20. The van der Waals surface area contributed by atoms with E-state index in [1.54, 1.807) is 0 Å². The van der Waals surface area contributed by atoms with E-state index in [0.29, 0.717) is 5.82 Å². The molecule has 10 aromatic carbocycles. The van der Waals surface area contributed by atoms with Crippen molar-refractivity contribution in [1.82, 2.24) is 9.97 Å². The largest absolute Gasteiger partial charge is 0.228 e. The third-order valence-corrected chi connectivity index (χ3v) is 11.5. The lowest BCUT2D eigenvalue weighted by molar-refractivity contribution is 1.18. The smallest absolute Gasteiger partial charge is 0.160 e. The molecule has 1 aromatic heterocycles. The molecule has 11 aromatic rings. The van der Waals surface area contributed by atoms with Gasteiger partial charge in [0.15, 0.2) is 5.82 Å². The molecule has 58 heavy (non-hydrogen) atoms. The van der Waals surface area contributed by atoms with Crippen molar-refractivity contribution in [3.05, 3.63) is 218 Å². The van der Waals surface area contributed by atoms with Crippen LogP contribution in [0.2, 0.25) is 0 Å². The summed E-state index contributed by atoms with van der Waals surface area (Å²) >= 11 is 0. The van der Waals surface area contributed by atoms with Crippen LogP contribution in [0.25, 0.3) is 110 Å². The Labute approximate surface area is 337 Å². The molecule has 0 aliphatic heterocycles. The second-order valence-electron chi connectivity index (χ2n) is 15.0. The van der Waals surface area contributed by atoms with E-state index in [2.05, 4.69) is 206 Å². The molecule has 0 radical (unpaired) electrons. The number of hydrogen-bond acceptors (Lipinski definition) is 2. The molecule has 0 amide bonds. The quantitative estimate of drug-likeness (QED) is 0.125. The Morgan fingerprint density at radius 1 is 0.224 bits per heavy atom. The van der Waals surface area contributed by atoms with E-state index in [1.807, 2.05) is 12.1 Å². The summed E-state index contributed by atoms with van der Waals surface area (Å²) in [5, 5.41) is 9.96. The Kier molecular flexibility index (Phi) is 8.19. The van der Waals surface area contributed by atoms with Crippen LogP contribution in [0.1, 0.15) is 0 Å². The highest BCUT2D eigenvalue weighted by Crippen LogP contribution is 2.40. The van der Waals surface area contributed by atoms with Crippen LogP contribution >= 0.6 is 0 Å². The minimum atomic E-state index is 0.707.